The van der Waals surface area contributed by atoms with E-state index in [2.05, 4.69) is 15.6 Å². The smallest absolute Gasteiger partial charge is 0.227 e. The lowest BCUT2D eigenvalue weighted by Gasteiger charge is -2.10. The van der Waals surface area contributed by atoms with Crippen molar-refractivity contribution in [2.45, 2.75) is 45.6 Å². The molecule has 0 fully saturated rings. The van der Waals surface area contributed by atoms with Crippen molar-refractivity contribution in [1.29, 1.82) is 0 Å². The Hall–Kier alpha value is -0.940. The number of amides is 1. The third-order valence-corrected chi connectivity index (χ3v) is 3.96. The van der Waals surface area contributed by atoms with Gasteiger partial charge in [-0.15, -0.1) is 11.3 Å². The van der Waals surface area contributed by atoms with Gasteiger partial charge in [-0.1, -0.05) is 6.92 Å². The van der Waals surface area contributed by atoms with Crippen molar-refractivity contribution < 1.29 is 4.79 Å². The Bertz CT molecular complexity index is 381. The van der Waals surface area contributed by atoms with E-state index in [0.29, 0.717) is 6.42 Å². The SMILES string of the molecule is CCNC(C)CC(=O)Nc1nc2c(s1)CCC2. The molecule has 0 radical (unpaired) electrons. The van der Waals surface area contributed by atoms with Crippen LogP contribution < -0.4 is 10.6 Å². The van der Waals surface area contributed by atoms with Gasteiger partial charge in [0.1, 0.15) is 0 Å². The average Bonchev–Trinajstić information content (AvgIpc) is 2.77. The van der Waals surface area contributed by atoms with Crippen molar-refractivity contribution in [3.8, 4) is 0 Å². The van der Waals surface area contributed by atoms with Crippen LogP contribution in [0.4, 0.5) is 5.13 Å². The van der Waals surface area contributed by atoms with Gasteiger partial charge in [-0.2, -0.15) is 0 Å². The van der Waals surface area contributed by atoms with E-state index in [4.69, 9.17) is 0 Å². The van der Waals surface area contributed by atoms with Gasteiger partial charge >= 0.3 is 0 Å². The molecule has 1 heterocycles. The van der Waals surface area contributed by atoms with E-state index in [0.717, 1.165) is 24.5 Å². The summed E-state index contributed by atoms with van der Waals surface area (Å²) in [5.74, 6) is 0.0471. The number of carbonyl (C=O) groups is 1. The number of hydrogen-bond donors (Lipinski definition) is 2. The molecule has 0 saturated heterocycles. The zero-order chi connectivity index (χ0) is 12.3. The Labute approximate surface area is 106 Å². The molecule has 4 nitrogen and oxygen atoms in total. The van der Waals surface area contributed by atoms with Gasteiger partial charge in [0.2, 0.25) is 5.91 Å². The second-order valence-electron chi connectivity index (χ2n) is 4.45. The van der Waals surface area contributed by atoms with Crippen molar-refractivity contribution in [2.75, 3.05) is 11.9 Å². The molecule has 1 aromatic heterocycles. The summed E-state index contributed by atoms with van der Waals surface area (Å²) in [6.07, 6.45) is 3.89. The molecule has 0 bridgehead atoms. The lowest BCUT2D eigenvalue weighted by atomic mass is 10.2. The molecule has 0 aromatic carbocycles. The Balaban J connectivity index is 1.85. The predicted octanol–water partition coefficient (Wildman–Crippen LogP) is 1.96. The Morgan fingerprint density at radius 2 is 2.35 bits per heavy atom. The highest BCUT2D eigenvalue weighted by atomic mass is 32.1. The topological polar surface area (TPSA) is 54.0 Å². The lowest BCUT2D eigenvalue weighted by Crippen LogP contribution is -2.30. The van der Waals surface area contributed by atoms with Crippen molar-refractivity contribution in [3.63, 3.8) is 0 Å². The largest absolute Gasteiger partial charge is 0.314 e. The maximum atomic E-state index is 11.7. The monoisotopic (exact) mass is 253 g/mol. The molecule has 0 aliphatic heterocycles. The standard InChI is InChI=1S/C12H19N3OS/c1-3-13-8(2)7-11(16)15-12-14-9-5-4-6-10(9)17-12/h8,13H,3-7H2,1-2H3,(H,14,15,16). The highest BCUT2D eigenvalue weighted by Gasteiger charge is 2.18. The molecule has 1 aromatic rings. The van der Waals surface area contributed by atoms with E-state index in [1.54, 1.807) is 11.3 Å². The zero-order valence-corrected chi connectivity index (χ0v) is 11.2. The number of anilines is 1. The normalized spacial score (nSPS) is 15.6. The summed E-state index contributed by atoms with van der Waals surface area (Å²) >= 11 is 1.63. The third-order valence-electron chi connectivity index (χ3n) is 2.89. The first kappa shape index (κ1) is 12.5. The van der Waals surface area contributed by atoms with E-state index in [1.807, 2.05) is 13.8 Å². The Morgan fingerprint density at radius 1 is 1.53 bits per heavy atom. The van der Waals surface area contributed by atoms with Crippen molar-refractivity contribution in [1.82, 2.24) is 10.3 Å². The third kappa shape index (κ3) is 3.26. The maximum Gasteiger partial charge on any atom is 0.227 e. The van der Waals surface area contributed by atoms with Gasteiger partial charge in [0.15, 0.2) is 5.13 Å². The molecular weight excluding hydrogens is 234 g/mol. The summed E-state index contributed by atoms with van der Waals surface area (Å²) in [4.78, 5) is 17.5. The first-order valence-corrected chi connectivity index (χ1v) is 7.02. The number of rotatable bonds is 5. The molecule has 2 rings (SSSR count). The van der Waals surface area contributed by atoms with Crippen LogP contribution in [0.25, 0.3) is 0 Å². The molecule has 5 heteroatoms. The van der Waals surface area contributed by atoms with Crippen LogP contribution in [-0.4, -0.2) is 23.5 Å². The Morgan fingerprint density at radius 3 is 3.06 bits per heavy atom. The van der Waals surface area contributed by atoms with Crippen LogP contribution >= 0.6 is 11.3 Å². The second-order valence-corrected chi connectivity index (χ2v) is 5.54. The highest BCUT2D eigenvalue weighted by molar-refractivity contribution is 7.15. The summed E-state index contributed by atoms with van der Waals surface area (Å²) in [5.41, 5.74) is 1.19. The fourth-order valence-corrected chi connectivity index (χ4v) is 3.18. The number of thiazole rings is 1. The van der Waals surface area contributed by atoms with Gasteiger partial charge in [0.25, 0.3) is 0 Å². The Kier molecular flexibility index (Phi) is 4.12. The van der Waals surface area contributed by atoms with Gasteiger partial charge in [-0.05, 0) is 32.7 Å². The van der Waals surface area contributed by atoms with Gasteiger partial charge in [-0.3, -0.25) is 4.79 Å². The number of hydrogen-bond acceptors (Lipinski definition) is 4. The zero-order valence-electron chi connectivity index (χ0n) is 10.4. The quantitative estimate of drug-likeness (QED) is 0.843. The number of aryl methyl sites for hydroxylation is 2. The van der Waals surface area contributed by atoms with Gasteiger partial charge < -0.3 is 10.6 Å². The average molecular weight is 253 g/mol. The number of nitrogens with zero attached hydrogens (tertiary/aromatic N) is 1. The number of nitrogens with one attached hydrogen (secondary N) is 2. The lowest BCUT2D eigenvalue weighted by molar-refractivity contribution is -0.116. The van der Waals surface area contributed by atoms with Gasteiger partial charge in [-0.25, -0.2) is 4.98 Å². The summed E-state index contributed by atoms with van der Waals surface area (Å²) in [6, 6.07) is 0.215. The first-order chi connectivity index (χ1) is 8.19. The van der Waals surface area contributed by atoms with E-state index in [1.165, 1.54) is 17.0 Å². The van der Waals surface area contributed by atoms with Crippen LogP contribution in [-0.2, 0) is 17.6 Å². The van der Waals surface area contributed by atoms with E-state index >= 15 is 0 Å². The second kappa shape index (κ2) is 5.60. The summed E-state index contributed by atoms with van der Waals surface area (Å²) < 4.78 is 0. The van der Waals surface area contributed by atoms with E-state index in [-0.39, 0.29) is 11.9 Å². The molecule has 1 aliphatic carbocycles. The minimum atomic E-state index is 0.0471. The molecule has 2 N–H and O–H groups in total. The van der Waals surface area contributed by atoms with Crippen LogP contribution in [0.15, 0.2) is 0 Å². The van der Waals surface area contributed by atoms with Crippen LogP contribution in [0, 0.1) is 0 Å². The summed E-state index contributed by atoms with van der Waals surface area (Å²) in [7, 11) is 0. The van der Waals surface area contributed by atoms with Crippen LogP contribution in [0.3, 0.4) is 0 Å². The van der Waals surface area contributed by atoms with E-state index in [9.17, 15) is 4.79 Å². The van der Waals surface area contributed by atoms with Crippen molar-refractivity contribution in [2.24, 2.45) is 0 Å². The van der Waals surface area contributed by atoms with Gasteiger partial charge in [0.05, 0.1) is 5.69 Å². The fraction of sp³-hybridized carbons (Fsp3) is 0.667. The highest BCUT2D eigenvalue weighted by Crippen LogP contribution is 2.30. The molecule has 17 heavy (non-hydrogen) atoms. The molecular formula is C12H19N3OS. The molecule has 0 spiro atoms. The van der Waals surface area contributed by atoms with Gasteiger partial charge in [0, 0.05) is 17.3 Å². The molecule has 0 saturated carbocycles. The number of fused-ring (bicyclic) bond motifs is 1. The van der Waals surface area contributed by atoms with Crippen molar-refractivity contribution >= 4 is 22.4 Å². The minimum absolute atomic E-state index is 0.0471. The first-order valence-electron chi connectivity index (χ1n) is 6.21. The molecule has 1 amide bonds. The molecule has 1 aliphatic rings. The van der Waals surface area contributed by atoms with E-state index < -0.39 is 0 Å². The number of carbonyl (C=O) groups excluding carboxylic acids is 1. The molecule has 94 valence electrons. The summed E-state index contributed by atoms with van der Waals surface area (Å²) in [5, 5.41) is 6.88. The maximum absolute atomic E-state index is 11.7. The fourth-order valence-electron chi connectivity index (χ4n) is 2.11. The van der Waals surface area contributed by atoms with Crippen LogP contribution in [0.1, 0.15) is 37.3 Å². The predicted molar refractivity (Wildman–Crippen MR) is 70.5 cm³/mol. The molecule has 1 unspecified atom stereocenters. The molecule has 1 atom stereocenters. The van der Waals surface area contributed by atoms with Crippen LogP contribution in [0.5, 0.6) is 0 Å². The van der Waals surface area contributed by atoms with Crippen molar-refractivity contribution in [3.05, 3.63) is 10.6 Å². The van der Waals surface area contributed by atoms with Crippen LogP contribution in [0.2, 0.25) is 0 Å². The summed E-state index contributed by atoms with van der Waals surface area (Å²) in [6.45, 7) is 4.95. The minimum Gasteiger partial charge on any atom is -0.314 e. The number of aromatic nitrogens is 1.